The number of aliphatic carboxylic acids is 1. The van der Waals surface area contributed by atoms with Crippen molar-refractivity contribution in [3.63, 3.8) is 0 Å². The van der Waals surface area contributed by atoms with Crippen molar-refractivity contribution in [2.75, 3.05) is 31.6 Å². The smallest absolute Gasteiger partial charge is 0.329 e. The number of nitrogens with one attached hydrogen (secondary N) is 1. The maximum Gasteiger partial charge on any atom is 0.329 e. The molecule has 0 bridgehead atoms. The van der Waals surface area contributed by atoms with Gasteiger partial charge in [-0.3, -0.25) is 9.59 Å². The predicted octanol–water partition coefficient (Wildman–Crippen LogP) is 0.891. The van der Waals surface area contributed by atoms with Crippen LogP contribution in [0.25, 0.3) is 0 Å². The first-order valence-corrected chi connectivity index (χ1v) is 7.50. The van der Waals surface area contributed by atoms with Gasteiger partial charge in [-0.05, 0) is 30.5 Å². The van der Waals surface area contributed by atoms with Crippen molar-refractivity contribution in [3.05, 3.63) is 29.8 Å². The molecule has 124 valence electrons. The number of aryl methyl sites for hydroxylation is 1. The molecule has 2 amide bonds. The monoisotopic (exact) mass is 320 g/mol. The van der Waals surface area contributed by atoms with Crippen molar-refractivity contribution in [3.8, 4) is 0 Å². The zero-order valence-electron chi connectivity index (χ0n) is 12.8. The van der Waals surface area contributed by atoms with Crippen LogP contribution in [0, 0.1) is 0 Å². The fraction of sp³-hybridized carbons (Fsp3) is 0.438. The SMILES string of the molecule is O=C(O)COCC(=O)Nc1ccc(CCC(=O)N2CCC2)cc1. The van der Waals surface area contributed by atoms with Crippen molar-refractivity contribution in [1.82, 2.24) is 4.90 Å². The highest BCUT2D eigenvalue weighted by Crippen LogP contribution is 2.13. The van der Waals surface area contributed by atoms with Crippen LogP contribution < -0.4 is 5.32 Å². The second-order valence-electron chi connectivity index (χ2n) is 5.37. The molecule has 0 aliphatic carbocycles. The summed E-state index contributed by atoms with van der Waals surface area (Å²) in [6.45, 7) is 0.928. The molecule has 1 fully saturated rings. The van der Waals surface area contributed by atoms with Crippen molar-refractivity contribution in [2.45, 2.75) is 19.3 Å². The Balaban J connectivity index is 1.72. The van der Waals surface area contributed by atoms with Gasteiger partial charge in [-0.25, -0.2) is 4.79 Å². The van der Waals surface area contributed by atoms with Gasteiger partial charge in [0.15, 0.2) is 0 Å². The van der Waals surface area contributed by atoms with Crippen LogP contribution in [0.5, 0.6) is 0 Å². The van der Waals surface area contributed by atoms with E-state index in [1.807, 2.05) is 17.0 Å². The highest BCUT2D eigenvalue weighted by Gasteiger charge is 2.19. The lowest BCUT2D eigenvalue weighted by Gasteiger charge is -2.30. The van der Waals surface area contributed by atoms with Crippen molar-refractivity contribution in [1.29, 1.82) is 0 Å². The zero-order chi connectivity index (χ0) is 16.7. The third-order valence-corrected chi connectivity index (χ3v) is 3.53. The molecule has 0 aromatic heterocycles. The lowest BCUT2D eigenvalue weighted by atomic mass is 10.1. The van der Waals surface area contributed by atoms with E-state index in [-0.39, 0.29) is 12.5 Å². The summed E-state index contributed by atoms with van der Waals surface area (Å²) in [5.41, 5.74) is 1.63. The van der Waals surface area contributed by atoms with E-state index in [2.05, 4.69) is 5.32 Å². The number of nitrogens with zero attached hydrogens (tertiary/aromatic N) is 1. The molecule has 2 N–H and O–H groups in total. The van der Waals surface area contributed by atoms with E-state index in [1.165, 1.54) is 0 Å². The van der Waals surface area contributed by atoms with Crippen LogP contribution in [0.15, 0.2) is 24.3 Å². The molecule has 1 aromatic rings. The van der Waals surface area contributed by atoms with E-state index in [0.717, 1.165) is 25.1 Å². The van der Waals surface area contributed by atoms with E-state index < -0.39 is 18.5 Å². The second kappa shape index (κ2) is 8.28. The molecular weight excluding hydrogens is 300 g/mol. The number of ether oxygens (including phenoxy) is 1. The topological polar surface area (TPSA) is 95.9 Å². The van der Waals surface area contributed by atoms with Crippen molar-refractivity contribution < 1.29 is 24.2 Å². The van der Waals surface area contributed by atoms with Crippen molar-refractivity contribution in [2.24, 2.45) is 0 Å². The van der Waals surface area contributed by atoms with Gasteiger partial charge in [0, 0.05) is 25.2 Å². The minimum Gasteiger partial charge on any atom is -0.480 e. The molecule has 1 aliphatic rings. The number of benzene rings is 1. The molecule has 1 saturated heterocycles. The fourth-order valence-electron chi connectivity index (χ4n) is 2.16. The quantitative estimate of drug-likeness (QED) is 0.741. The largest absolute Gasteiger partial charge is 0.480 e. The summed E-state index contributed by atoms with van der Waals surface area (Å²) in [6.07, 6.45) is 2.26. The second-order valence-corrected chi connectivity index (χ2v) is 5.37. The van der Waals surface area contributed by atoms with Crippen LogP contribution in [0.1, 0.15) is 18.4 Å². The number of amides is 2. The maximum absolute atomic E-state index is 11.8. The molecule has 0 atom stereocenters. The van der Waals surface area contributed by atoms with E-state index in [0.29, 0.717) is 18.5 Å². The number of hydrogen-bond donors (Lipinski definition) is 2. The van der Waals surface area contributed by atoms with E-state index in [4.69, 9.17) is 9.84 Å². The van der Waals surface area contributed by atoms with Crippen molar-refractivity contribution >= 4 is 23.5 Å². The van der Waals surface area contributed by atoms with Crippen LogP contribution in [0.3, 0.4) is 0 Å². The summed E-state index contributed by atoms with van der Waals surface area (Å²) in [5, 5.41) is 11.0. The molecule has 0 saturated carbocycles. The summed E-state index contributed by atoms with van der Waals surface area (Å²) < 4.78 is 4.70. The number of hydrogen-bond acceptors (Lipinski definition) is 4. The molecular formula is C16H20N2O5. The maximum atomic E-state index is 11.8. The summed E-state index contributed by atoms with van der Waals surface area (Å²) in [5.74, 6) is -1.34. The summed E-state index contributed by atoms with van der Waals surface area (Å²) in [4.78, 5) is 35.4. The van der Waals surface area contributed by atoms with Gasteiger partial charge in [-0.1, -0.05) is 12.1 Å². The first-order valence-electron chi connectivity index (χ1n) is 7.50. The lowest BCUT2D eigenvalue weighted by molar-refractivity contribution is -0.143. The standard InChI is InChI=1S/C16H20N2O5/c19-14(10-23-11-16(21)22)17-13-5-2-12(3-6-13)4-7-15(20)18-8-1-9-18/h2-3,5-6H,1,4,7-11H2,(H,17,19)(H,21,22). The highest BCUT2D eigenvalue weighted by molar-refractivity contribution is 5.91. The first kappa shape index (κ1) is 17.0. The summed E-state index contributed by atoms with van der Waals surface area (Å²) >= 11 is 0. The van der Waals surface area contributed by atoms with Gasteiger partial charge in [0.1, 0.15) is 13.2 Å². The minimum absolute atomic E-state index is 0.184. The third kappa shape index (κ3) is 5.71. The fourth-order valence-corrected chi connectivity index (χ4v) is 2.16. The van der Waals surface area contributed by atoms with Crippen LogP contribution in [0.4, 0.5) is 5.69 Å². The van der Waals surface area contributed by atoms with Gasteiger partial charge in [0.2, 0.25) is 11.8 Å². The number of carbonyl (C=O) groups is 3. The molecule has 23 heavy (non-hydrogen) atoms. The van der Waals surface area contributed by atoms with Gasteiger partial charge < -0.3 is 20.1 Å². The molecule has 7 nitrogen and oxygen atoms in total. The predicted molar refractivity (Wildman–Crippen MR) is 83.0 cm³/mol. The average molecular weight is 320 g/mol. The van der Waals surface area contributed by atoms with Crippen LogP contribution in [-0.2, 0) is 25.5 Å². The Morgan fingerprint density at radius 1 is 1.13 bits per heavy atom. The normalized spacial score (nSPS) is 13.3. The molecule has 1 heterocycles. The molecule has 1 aromatic carbocycles. The number of carboxylic acids is 1. The summed E-state index contributed by atoms with van der Waals surface area (Å²) in [7, 11) is 0. The van der Waals surface area contributed by atoms with Gasteiger partial charge in [-0.2, -0.15) is 0 Å². The Labute approximate surface area is 134 Å². The van der Waals surface area contributed by atoms with Gasteiger partial charge in [-0.15, -0.1) is 0 Å². The molecule has 2 rings (SSSR count). The van der Waals surface area contributed by atoms with Gasteiger partial charge in [0.25, 0.3) is 0 Å². The average Bonchev–Trinajstić information content (AvgIpc) is 2.44. The Morgan fingerprint density at radius 3 is 2.39 bits per heavy atom. The first-order chi connectivity index (χ1) is 11.0. The van der Waals surface area contributed by atoms with Crippen LogP contribution in [-0.4, -0.2) is 54.1 Å². The van der Waals surface area contributed by atoms with Gasteiger partial charge in [0.05, 0.1) is 0 Å². The molecule has 0 spiro atoms. The molecule has 7 heteroatoms. The molecule has 0 unspecified atom stereocenters. The van der Waals surface area contributed by atoms with Crippen LogP contribution >= 0.6 is 0 Å². The van der Waals surface area contributed by atoms with Crippen LogP contribution in [0.2, 0.25) is 0 Å². The molecule has 1 aliphatic heterocycles. The lowest BCUT2D eigenvalue weighted by Crippen LogP contribution is -2.42. The molecule has 0 radical (unpaired) electrons. The Kier molecular flexibility index (Phi) is 6.10. The van der Waals surface area contributed by atoms with Gasteiger partial charge >= 0.3 is 5.97 Å². The zero-order valence-corrected chi connectivity index (χ0v) is 12.8. The number of rotatable bonds is 8. The number of carbonyl (C=O) groups excluding carboxylic acids is 2. The third-order valence-electron chi connectivity index (χ3n) is 3.53. The number of anilines is 1. The highest BCUT2D eigenvalue weighted by atomic mass is 16.5. The van der Waals surface area contributed by atoms with E-state index >= 15 is 0 Å². The Bertz CT molecular complexity index is 566. The Hall–Kier alpha value is -2.41. The summed E-state index contributed by atoms with van der Waals surface area (Å²) in [6, 6.07) is 7.21. The minimum atomic E-state index is -1.12. The Morgan fingerprint density at radius 2 is 1.83 bits per heavy atom. The number of likely N-dealkylation sites (tertiary alicyclic amines) is 1. The van der Waals surface area contributed by atoms with E-state index in [1.54, 1.807) is 12.1 Å². The number of carboxylic acid groups (broad SMARTS) is 1. The van der Waals surface area contributed by atoms with E-state index in [9.17, 15) is 14.4 Å².